The molecular formula is C10H7BrF2N2O. The van der Waals surface area contributed by atoms with Crippen molar-refractivity contribution < 1.29 is 13.2 Å². The molecule has 16 heavy (non-hydrogen) atoms. The summed E-state index contributed by atoms with van der Waals surface area (Å²) in [7, 11) is 0. The van der Waals surface area contributed by atoms with Gasteiger partial charge < -0.3 is 9.73 Å². The maximum absolute atomic E-state index is 13.3. The van der Waals surface area contributed by atoms with Crippen LogP contribution in [0.1, 0.15) is 5.76 Å². The molecule has 3 nitrogen and oxygen atoms in total. The lowest BCUT2D eigenvalue weighted by Crippen LogP contribution is -2.01. The summed E-state index contributed by atoms with van der Waals surface area (Å²) in [5.41, 5.74) is 0.199. The number of nitrogens with one attached hydrogen (secondary N) is 1. The van der Waals surface area contributed by atoms with Gasteiger partial charge in [0.25, 0.3) is 0 Å². The second-order valence-corrected chi connectivity index (χ2v) is 3.92. The van der Waals surface area contributed by atoms with Gasteiger partial charge in [-0.15, -0.1) is 0 Å². The van der Waals surface area contributed by atoms with Crippen molar-refractivity contribution in [3.8, 4) is 0 Å². The summed E-state index contributed by atoms with van der Waals surface area (Å²) in [4.78, 5) is 3.72. The highest BCUT2D eigenvalue weighted by Crippen LogP contribution is 2.23. The van der Waals surface area contributed by atoms with Crippen molar-refractivity contribution in [1.29, 1.82) is 0 Å². The highest BCUT2D eigenvalue weighted by atomic mass is 79.9. The average molecular weight is 289 g/mol. The lowest BCUT2D eigenvalue weighted by atomic mass is 10.3. The van der Waals surface area contributed by atoms with Crippen LogP contribution in [0.4, 0.5) is 14.5 Å². The normalized spacial score (nSPS) is 10.4. The Morgan fingerprint density at radius 3 is 2.81 bits per heavy atom. The topological polar surface area (TPSA) is 38.1 Å². The van der Waals surface area contributed by atoms with E-state index < -0.39 is 11.6 Å². The van der Waals surface area contributed by atoms with Crippen LogP contribution in [0, 0.1) is 11.6 Å². The number of hydrogen-bond donors (Lipinski definition) is 1. The molecule has 0 aliphatic heterocycles. The van der Waals surface area contributed by atoms with E-state index in [0.717, 1.165) is 6.07 Å². The molecule has 6 heteroatoms. The molecule has 0 spiro atoms. The van der Waals surface area contributed by atoms with Gasteiger partial charge in [0, 0.05) is 6.07 Å². The predicted molar refractivity (Wildman–Crippen MR) is 57.9 cm³/mol. The van der Waals surface area contributed by atoms with Crippen LogP contribution in [0.2, 0.25) is 0 Å². The van der Waals surface area contributed by atoms with Crippen molar-refractivity contribution in [3.63, 3.8) is 0 Å². The Labute approximate surface area is 98.6 Å². The maximum atomic E-state index is 13.3. The van der Waals surface area contributed by atoms with Crippen molar-refractivity contribution in [2.24, 2.45) is 0 Å². The number of nitrogens with zero attached hydrogens (tertiary/aromatic N) is 1. The zero-order valence-electron chi connectivity index (χ0n) is 8.01. The van der Waals surface area contributed by atoms with E-state index in [-0.39, 0.29) is 16.7 Å². The lowest BCUT2D eigenvalue weighted by molar-refractivity contribution is 0.511. The van der Waals surface area contributed by atoms with Crippen molar-refractivity contribution in [2.75, 3.05) is 5.32 Å². The number of aromatic nitrogens is 1. The SMILES string of the molecule is Fc1cc(F)c(NCc2cnco2)cc1Br. The van der Waals surface area contributed by atoms with E-state index >= 15 is 0 Å². The lowest BCUT2D eigenvalue weighted by Gasteiger charge is -2.06. The second-order valence-electron chi connectivity index (χ2n) is 3.07. The fourth-order valence-electron chi connectivity index (χ4n) is 1.17. The largest absolute Gasteiger partial charge is 0.447 e. The summed E-state index contributed by atoms with van der Waals surface area (Å²) in [5.74, 6) is -0.720. The first-order chi connectivity index (χ1) is 7.66. The summed E-state index contributed by atoms with van der Waals surface area (Å²) in [6.45, 7) is 0.287. The van der Waals surface area contributed by atoms with Gasteiger partial charge in [0.15, 0.2) is 6.39 Å². The van der Waals surface area contributed by atoms with Gasteiger partial charge in [-0.1, -0.05) is 0 Å². The summed E-state index contributed by atoms with van der Waals surface area (Å²) in [5, 5.41) is 2.78. The molecule has 0 aliphatic rings. The number of anilines is 1. The van der Waals surface area contributed by atoms with Crippen LogP contribution in [0.15, 0.2) is 33.6 Å². The van der Waals surface area contributed by atoms with Gasteiger partial charge >= 0.3 is 0 Å². The standard InChI is InChI=1S/C10H7BrF2N2O/c11-7-1-10(9(13)2-8(7)12)15-4-6-3-14-5-16-6/h1-3,5,15H,4H2. The Morgan fingerprint density at radius 1 is 1.31 bits per heavy atom. The highest BCUT2D eigenvalue weighted by molar-refractivity contribution is 9.10. The van der Waals surface area contributed by atoms with Crippen LogP contribution in [0.3, 0.4) is 0 Å². The minimum atomic E-state index is -0.653. The quantitative estimate of drug-likeness (QED) is 0.881. The Kier molecular flexibility index (Phi) is 3.19. The molecule has 84 valence electrons. The number of rotatable bonds is 3. The van der Waals surface area contributed by atoms with Crippen molar-refractivity contribution in [3.05, 3.63) is 46.6 Å². The van der Waals surface area contributed by atoms with Crippen LogP contribution in [-0.4, -0.2) is 4.98 Å². The van der Waals surface area contributed by atoms with Gasteiger partial charge in [0.05, 0.1) is 22.9 Å². The smallest absolute Gasteiger partial charge is 0.180 e. The molecule has 0 fully saturated rings. The van der Waals surface area contributed by atoms with Crippen LogP contribution in [-0.2, 0) is 6.54 Å². The highest BCUT2D eigenvalue weighted by Gasteiger charge is 2.08. The Balaban J connectivity index is 2.12. The third-order valence-corrected chi connectivity index (χ3v) is 2.55. The summed E-state index contributed by atoms with van der Waals surface area (Å²) < 4.78 is 31.4. The summed E-state index contributed by atoms with van der Waals surface area (Å²) in [6, 6.07) is 2.15. The van der Waals surface area contributed by atoms with Crippen LogP contribution in [0.25, 0.3) is 0 Å². The first kappa shape index (κ1) is 11.1. The predicted octanol–water partition coefficient (Wildman–Crippen LogP) is 3.33. The minimum absolute atomic E-state index is 0.199. The number of benzene rings is 1. The van der Waals surface area contributed by atoms with Crippen molar-refractivity contribution in [1.82, 2.24) is 4.98 Å². The van der Waals surface area contributed by atoms with Crippen LogP contribution >= 0.6 is 15.9 Å². The van der Waals surface area contributed by atoms with Gasteiger partial charge in [0.1, 0.15) is 17.4 Å². The number of hydrogen-bond acceptors (Lipinski definition) is 3. The molecule has 0 atom stereocenters. The molecule has 0 unspecified atom stereocenters. The zero-order chi connectivity index (χ0) is 11.5. The Hall–Kier alpha value is -1.43. The maximum Gasteiger partial charge on any atom is 0.180 e. The minimum Gasteiger partial charge on any atom is -0.447 e. The van der Waals surface area contributed by atoms with E-state index in [1.165, 1.54) is 18.7 Å². The van der Waals surface area contributed by atoms with Gasteiger partial charge in [-0.25, -0.2) is 13.8 Å². The van der Waals surface area contributed by atoms with Crippen LogP contribution in [0.5, 0.6) is 0 Å². The van der Waals surface area contributed by atoms with Gasteiger partial charge in [-0.3, -0.25) is 0 Å². The second kappa shape index (κ2) is 4.61. The van der Waals surface area contributed by atoms with E-state index in [9.17, 15) is 8.78 Å². The fraction of sp³-hybridized carbons (Fsp3) is 0.100. The monoisotopic (exact) mass is 288 g/mol. The fourth-order valence-corrected chi connectivity index (χ4v) is 1.51. The average Bonchev–Trinajstić information content (AvgIpc) is 2.74. The Morgan fingerprint density at radius 2 is 2.12 bits per heavy atom. The molecule has 1 N–H and O–H groups in total. The van der Waals surface area contributed by atoms with E-state index in [4.69, 9.17) is 4.42 Å². The van der Waals surface area contributed by atoms with Crippen molar-refractivity contribution in [2.45, 2.75) is 6.54 Å². The summed E-state index contributed by atoms with van der Waals surface area (Å²) >= 11 is 2.98. The van der Waals surface area contributed by atoms with Gasteiger partial charge in [0.2, 0.25) is 0 Å². The molecular weight excluding hydrogens is 282 g/mol. The molecule has 2 rings (SSSR count). The molecule has 0 radical (unpaired) electrons. The van der Waals surface area contributed by atoms with Crippen LogP contribution < -0.4 is 5.32 Å². The van der Waals surface area contributed by atoms with Gasteiger partial charge in [-0.05, 0) is 22.0 Å². The first-order valence-electron chi connectivity index (χ1n) is 4.42. The van der Waals surface area contributed by atoms with E-state index in [0.29, 0.717) is 5.76 Å². The van der Waals surface area contributed by atoms with E-state index in [2.05, 4.69) is 26.2 Å². The van der Waals surface area contributed by atoms with Gasteiger partial charge in [-0.2, -0.15) is 0 Å². The molecule has 2 aromatic rings. The molecule has 0 bridgehead atoms. The molecule has 0 aliphatic carbocycles. The molecule has 0 amide bonds. The number of halogens is 3. The molecule has 1 aromatic carbocycles. The van der Waals surface area contributed by atoms with E-state index in [1.807, 2.05) is 0 Å². The number of oxazole rings is 1. The first-order valence-corrected chi connectivity index (χ1v) is 5.22. The Bertz CT molecular complexity index is 488. The summed E-state index contributed by atoms with van der Waals surface area (Å²) in [6.07, 6.45) is 2.80. The van der Waals surface area contributed by atoms with Crippen molar-refractivity contribution >= 4 is 21.6 Å². The third kappa shape index (κ3) is 2.38. The third-order valence-electron chi connectivity index (χ3n) is 1.95. The molecule has 1 aromatic heterocycles. The molecule has 1 heterocycles. The zero-order valence-corrected chi connectivity index (χ0v) is 9.59. The van der Waals surface area contributed by atoms with E-state index in [1.54, 1.807) is 0 Å². The molecule has 0 saturated carbocycles. The molecule has 0 saturated heterocycles.